The SMILES string of the molecule is CN(c1ccc(C(=O)N2CCc3cc(=O)n(C)cc3C2)cc1)S(C)(=O)=O. The molecule has 0 N–H and O–H groups in total. The van der Waals surface area contributed by atoms with Gasteiger partial charge in [0.25, 0.3) is 11.5 Å². The lowest BCUT2D eigenvalue weighted by Gasteiger charge is -2.29. The molecule has 1 amide bonds. The standard InChI is InChI=1S/C18H21N3O4S/c1-19-11-15-12-21(9-8-14(15)10-17(19)22)18(23)13-4-6-16(7-5-13)20(2)26(3,24)25/h4-7,10-11H,8-9,12H2,1-3H3. The molecule has 1 aliphatic heterocycles. The van der Waals surface area contributed by atoms with Crippen LogP contribution in [0.25, 0.3) is 0 Å². The van der Waals surface area contributed by atoms with Crippen LogP contribution in [-0.2, 0) is 30.0 Å². The number of amides is 1. The van der Waals surface area contributed by atoms with Crippen LogP contribution in [0.15, 0.2) is 41.3 Å². The van der Waals surface area contributed by atoms with E-state index in [1.54, 1.807) is 48.5 Å². The second-order valence-electron chi connectivity index (χ2n) is 6.53. The van der Waals surface area contributed by atoms with E-state index < -0.39 is 10.0 Å². The Kier molecular flexibility index (Phi) is 4.62. The summed E-state index contributed by atoms with van der Waals surface area (Å²) in [5.74, 6) is -0.113. The highest BCUT2D eigenvalue weighted by molar-refractivity contribution is 7.92. The lowest BCUT2D eigenvalue weighted by molar-refractivity contribution is 0.0734. The molecule has 0 unspecified atom stereocenters. The van der Waals surface area contributed by atoms with E-state index in [9.17, 15) is 18.0 Å². The van der Waals surface area contributed by atoms with Crippen molar-refractivity contribution in [2.75, 3.05) is 24.2 Å². The van der Waals surface area contributed by atoms with Gasteiger partial charge in [-0.05, 0) is 41.8 Å². The number of aromatic nitrogens is 1. The second kappa shape index (κ2) is 6.60. The van der Waals surface area contributed by atoms with E-state index in [1.165, 1.54) is 15.9 Å². The third-order valence-electron chi connectivity index (χ3n) is 4.68. The highest BCUT2D eigenvalue weighted by Crippen LogP contribution is 2.21. The van der Waals surface area contributed by atoms with E-state index in [0.29, 0.717) is 30.8 Å². The summed E-state index contributed by atoms with van der Waals surface area (Å²) in [5, 5.41) is 0. The van der Waals surface area contributed by atoms with E-state index in [-0.39, 0.29) is 11.5 Å². The van der Waals surface area contributed by atoms with Crippen molar-refractivity contribution in [2.45, 2.75) is 13.0 Å². The zero-order valence-electron chi connectivity index (χ0n) is 15.0. The number of fused-ring (bicyclic) bond motifs is 1. The number of nitrogens with zero attached hydrogens (tertiary/aromatic N) is 3. The van der Waals surface area contributed by atoms with Gasteiger partial charge in [-0.1, -0.05) is 0 Å². The summed E-state index contributed by atoms with van der Waals surface area (Å²) < 4.78 is 25.9. The van der Waals surface area contributed by atoms with Crippen LogP contribution in [0.2, 0.25) is 0 Å². The maximum atomic E-state index is 12.8. The summed E-state index contributed by atoms with van der Waals surface area (Å²) in [4.78, 5) is 26.2. The zero-order chi connectivity index (χ0) is 19.1. The summed E-state index contributed by atoms with van der Waals surface area (Å²) in [6.45, 7) is 0.997. The van der Waals surface area contributed by atoms with Crippen molar-refractivity contribution in [1.29, 1.82) is 0 Å². The zero-order valence-corrected chi connectivity index (χ0v) is 15.8. The van der Waals surface area contributed by atoms with Crippen molar-refractivity contribution >= 4 is 21.6 Å². The molecular formula is C18H21N3O4S. The van der Waals surface area contributed by atoms with Gasteiger partial charge in [0.2, 0.25) is 10.0 Å². The highest BCUT2D eigenvalue weighted by atomic mass is 32.2. The lowest BCUT2D eigenvalue weighted by Crippen LogP contribution is -2.37. The van der Waals surface area contributed by atoms with E-state index in [2.05, 4.69) is 0 Å². The Morgan fingerprint density at radius 2 is 1.81 bits per heavy atom. The summed E-state index contributed by atoms with van der Waals surface area (Å²) in [7, 11) is -0.175. The lowest BCUT2D eigenvalue weighted by atomic mass is 10.0. The van der Waals surface area contributed by atoms with Crippen LogP contribution in [0.3, 0.4) is 0 Å². The molecule has 1 aliphatic rings. The fraction of sp³-hybridized carbons (Fsp3) is 0.333. The fourth-order valence-electron chi connectivity index (χ4n) is 3.00. The molecule has 0 fully saturated rings. The van der Waals surface area contributed by atoms with E-state index in [1.807, 2.05) is 0 Å². The van der Waals surface area contributed by atoms with Gasteiger partial charge in [0.05, 0.1) is 11.9 Å². The highest BCUT2D eigenvalue weighted by Gasteiger charge is 2.23. The topological polar surface area (TPSA) is 79.7 Å². The van der Waals surface area contributed by atoms with Gasteiger partial charge in [-0.2, -0.15) is 0 Å². The van der Waals surface area contributed by atoms with Crippen LogP contribution in [-0.4, -0.2) is 43.6 Å². The number of pyridine rings is 1. The van der Waals surface area contributed by atoms with Crippen molar-refractivity contribution in [2.24, 2.45) is 7.05 Å². The molecule has 0 radical (unpaired) electrons. The number of benzene rings is 1. The van der Waals surface area contributed by atoms with Crippen molar-refractivity contribution in [3.05, 3.63) is 63.6 Å². The number of aryl methyl sites for hydroxylation is 1. The van der Waals surface area contributed by atoms with Crippen molar-refractivity contribution in [3.8, 4) is 0 Å². The predicted octanol–water partition coefficient (Wildman–Crippen LogP) is 0.980. The monoisotopic (exact) mass is 375 g/mol. The Morgan fingerprint density at radius 3 is 2.42 bits per heavy atom. The molecule has 3 rings (SSSR count). The van der Waals surface area contributed by atoms with Crippen LogP contribution in [0, 0.1) is 0 Å². The number of rotatable bonds is 3. The number of sulfonamides is 1. The van der Waals surface area contributed by atoms with Crippen LogP contribution >= 0.6 is 0 Å². The minimum atomic E-state index is -3.34. The van der Waals surface area contributed by atoms with Crippen molar-refractivity contribution in [1.82, 2.24) is 9.47 Å². The molecule has 0 saturated carbocycles. The van der Waals surface area contributed by atoms with Gasteiger partial charge in [-0.25, -0.2) is 8.42 Å². The molecule has 0 bridgehead atoms. The minimum Gasteiger partial charge on any atom is -0.334 e. The summed E-state index contributed by atoms with van der Waals surface area (Å²) in [5.41, 5.74) is 2.92. The largest absolute Gasteiger partial charge is 0.334 e. The van der Waals surface area contributed by atoms with Gasteiger partial charge in [-0.3, -0.25) is 13.9 Å². The van der Waals surface area contributed by atoms with E-state index in [0.717, 1.165) is 17.4 Å². The Labute approximate surface area is 152 Å². The van der Waals surface area contributed by atoms with Gasteiger partial charge < -0.3 is 9.47 Å². The van der Waals surface area contributed by atoms with Gasteiger partial charge in [0, 0.05) is 45.0 Å². The molecule has 26 heavy (non-hydrogen) atoms. The predicted molar refractivity (Wildman–Crippen MR) is 99.8 cm³/mol. The summed E-state index contributed by atoms with van der Waals surface area (Å²) >= 11 is 0. The maximum absolute atomic E-state index is 12.8. The van der Waals surface area contributed by atoms with Gasteiger partial charge >= 0.3 is 0 Å². The normalized spacial score (nSPS) is 14.0. The number of carbonyl (C=O) groups is 1. The summed E-state index contributed by atoms with van der Waals surface area (Å²) in [6, 6.07) is 8.14. The minimum absolute atomic E-state index is 0.0471. The first-order valence-corrected chi connectivity index (χ1v) is 10.0. The quantitative estimate of drug-likeness (QED) is 0.801. The first kappa shape index (κ1) is 18.2. The first-order valence-electron chi connectivity index (χ1n) is 8.18. The van der Waals surface area contributed by atoms with Gasteiger partial charge in [0.15, 0.2) is 0 Å². The molecule has 138 valence electrons. The molecule has 1 aromatic carbocycles. The van der Waals surface area contributed by atoms with Gasteiger partial charge in [-0.15, -0.1) is 0 Å². The molecule has 8 heteroatoms. The smallest absolute Gasteiger partial charge is 0.254 e. The van der Waals surface area contributed by atoms with Crippen LogP contribution in [0.5, 0.6) is 0 Å². The molecule has 0 saturated heterocycles. The molecule has 7 nitrogen and oxygen atoms in total. The third kappa shape index (κ3) is 3.50. The maximum Gasteiger partial charge on any atom is 0.254 e. The van der Waals surface area contributed by atoms with Crippen LogP contribution < -0.4 is 9.86 Å². The van der Waals surface area contributed by atoms with Gasteiger partial charge in [0.1, 0.15) is 0 Å². The van der Waals surface area contributed by atoms with Crippen molar-refractivity contribution in [3.63, 3.8) is 0 Å². The molecule has 0 aliphatic carbocycles. The van der Waals surface area contributed by atoms with E-state index >= 15 is 0 Å². The number of carbonyl (C=O) groups excluding carboxylic acids is 1. The second-order valence-corrected chi connectivity index (χ2v) is 8.54. The Balaban J connectivity index is 1.80. The Morgan fingerprint density at radius 1 is 1.15 bits per heavy atom. The summed E-state index contributed by atoms with van der Waals surface area (Å²) in [6.07, 6.45) is 3.55. The average Bonchev–Trinajstić information content (AvgIpc) is 2.60. The molecule has 1 aromatic heterocycles. The van der Waals surface area contributed by atoms with Crippen LogP contribution in [0.1, 0.15) is 21.5 Å². The number of hydrogen-bond acceptors (Lipinski definition) is 4. The third-order valence-corrected chi connectivity index (χ3v) is 5.89. The molecule has 0 atom stereocenters. The first-order chi connectivity index (χ1) is 12.2. The average molecular weight is 375 g/mol. The number of hydrogen-bond donors (Lipinski definition) is 0. The number of anilines is 1. The Bertz CT molecular complexity index is 1010. The van der Waals surface area contributed by atoms with E-state index in [4.69, 9.17) is 0 Å². The van der Waals surface area contributed by atoms with Crippen molar-refractivity contribution < 1.29 is 13.2 Å². The molecular weight excluding hydrogens is 354 g/mol. The van der Waals surface area contributed by atoms with Crippen LogP contribution in [0.4, 0.5) is 5.69 Å². The molecule has 0 spiro atoms. The Hall–Kier alpha value is -2.61. The molecule has 2 aromatic rings. The molecule has 2 heterocycles. The fourth-order valence-corrected chi connectivity index (χ4v) is 3.51.